The lowest BCUT2D eigenvalue weighted by atomic mass is 10.2. The maximum absolute atomic E-state index is 13.3. The zero-order valence-corrected chi connectivity index (χ0v) is 12.2. The fraction of sp³-hybridized carbons (Fsp3) is 0.154. The van der Waals surface area contributed by atoms with Crippen LogP contribution in [0.25, 0.3) is 0 Å². The molecule has 19 heavy (non-hydrogen) atoms. The van der Waals surface area contributed by atoms with Crippen LogP contribution < -0.4 is 5.32 Å². The molecular weight excluding hydrogens is 336 g/mol. The van der Waals surface area contributed by atoms with Gasteiger partial charge in [0, 0.05) is 11.4 Å². The van der Waals surface area contributed by atoms with E-state index in [1.807, 2.05) is 12.1 Å². The molecular formula is C13H10BrF2NOS. The first-order valence-electron chi connectivity index (χ1n) is 5.54. The molecule has 0 atom stereocenters. The smallest absolute Gasteiger partial charge is 0.257 e. The Bertz CT molecular complexity index is 580. The summed E-state index contributed by atoms with van der Waals surface area (Å²) in [4.78, 5) is 12.8. The first kappa shape index (κ1) is 14.1. The summed E-state index contributed by atoms with van der Waals surface area (Å²) < 4.78 is 27.7. The van der Waals surface area contributed by atoms with Crippen LogP contribution in [0.5, 0.6) is 0 Å². The fourth-order valence-electron chi connectivity index (χ4n) is 1.59. The first-order chi connectivity index (χ1) is 9.08. The molecule has 0 fully saturated rings. The van der Waals surface area contributed by atoms with Crippen LogP contribution >= 0.6 is 27.3 Å². The van der Waals surface area contributed by atoms with E-state index in [4.69, 9.17) is 0 Å². The Hall–Kier alpha value is -1.27. The number of hydrogen-bond donors (Lipinski definition) is 1. The maximum Gasteiger partial charge on any atom is 0.257 e. The molecule has 2 aromatic rings. The van der Waals surface area contributed by atoms with Gasteiger partial charge in [-0.25, -0.2) is 8.78 Å². The van der Waals surface area contributed by atoms with Gasteiger partial charge in [-0.15, -0.1) is 11.3 Å². The van der Waals surface area contributed by atoms with Gasteiger partial charge in [0.15, 0.2) is 0 Å². The molecule has 0 radical (unpaired) electrons. The first-order valence-corrected chi connectivity index (χ1v) is 7.15. The van der Waals surface area contributed by atoms with Crippen molar-refractivity contribution in [3.63, 3.8) is 0 Å². The van der Waals surface area contributed by atoms with E-state index in [0.717, 1.165) is 20.8 Å². The van der Waals surface area contributed by atoms with Gasteiger partial charge in [0.05, 0.1) is 3.79 Å². The zero-order valence-electron chi connectivity index (χ0n) is 9.75. The van der Waals surface area contributed by atoms with Gasteiger partial charge in [-0.05, 0) is 46.6 Å². The van der Waals surface area contributed by atoms with E-state index in [0.29, 0.717) is 13.0 Å². The van der Waals surface area contributed by atoms with E-state index in [9.17, 15) is 13.6 Å². The molecule has 1 N–H and O–H groups in total. The Morgan fingerprint density at radius 2 is 1.89 bits per heavy atom. The molecule has 2 nitrogen and oxygen atoms in total. The highest BCUT2D eigenvalue weighted by atomic mass is 79.9. The lowest BCUT2D eigenvalue weighted by Gasteiger charge is -2.06. The van der Waals surface area contributed by atoms with Crippen LogP contribution in [0.4, 0.5) is 8.78 Å². The number of nitrogens with one attached hydrogen (secondary N) is 1. The predicted molar refractivity (Wildman–Crippen MR) is 74.4 cm³/mol. The molecule has 6 heteroatoms. The molecule has 0 aliphatic rings. The number of benzene rings is 1. The number of halogens is 3. The average Bonchev–Trinajstić information content (AvgIpc) is 2.75. The van der Waals surface area contributed by atoms with Crippen LogP contribution in [0, 0.1) is 11.6 Å². The number of carbonyl (C=O) groups is 1. The lowest BCUT2D eigenvalue weighted by Crippen LogP contribution is -2.27. The second kappa shape index (κ2) is 6.25. The van der Waals surface area contributed by atoms with Gasteiger partial charge in [0.2, 0.25) is 0 Å². The summed E-state index contributed by atoms with van der Waals surface area (Å²) in [5.41, 5.74) is -0.533. The van der Waals surface area contributed by atoms with Gasteiger partial charge in [0.1, 0.15) is 17.2 Å². The summed E-state index contributed by atoms with van der Waals surface area (Å²) >= 11 is 4.90. The monoisotopic (exact) mass is 345 g/mol. The Kier molecular flexibility index (Phi) is 4.66. The van der Waals surface area contributed by atoms with Gasteiger partial charge in [-0.2, -0.15) is 0 Å². The molecule has 0 aliphatic heterocycles. The standard InChI is InChI=1S/C13H10BrF2NOS/c14-11-5-4-8(19-11)6-7-17-13(18)12-9(15)2-1-3-10(12)16/h1-5H,6-7H2,(H,17,18). The molecule has 0 saturated heterocycles. The zero-order chi connectivity index (χ0) is 13.8. The van der Waals surface area contributed by atoms with Gasteiger partial charge < -0.3 is 5.32 Å². The van der Waals surface area contributed by atoms with Crippen LogP contribution in [0.3, 0.4) is 0 Å². The summed E-state index contributed by atoms with van der Waals surface area (Å²) in [6.45, 7) is 0.333. The summed E-state index contributed by atoms with van der Waals surface area (Å²) in [7, 11) is 0. The van der Waals surface area contributed by atoms with E-state index < -0.39 is 23.1 Å². The number of thiophene rings is 1. The lowest BCUT2D eigenvalue weighted by molar-refractivity contribution is 0.0946. The van der Waals surface area contributed by atoms with Crippen LogP contribution in [-0.4, -0.2) is 12.5 Å². The van der Waals surface area contributed by atoms with Crippen molar-refractivity contribution >= 4 is 33.2 Å². The van der Waals surface area contributed by atoms with E-state index in [-0.39, 0.29) is 0 Å². The van der Waals surface area contributed by atoms with Gasteiger partial charge in [-0.1, -0.05) is 6.07 Å². The minimum Gasteiger partial charge on any atom is -0.351 e. The largest absolute Gasteiger partial charge is 0.351 e. The van der Waals surface area contributed by atoms with Crippen molar-refractivity contribution in [2.45, 2.75) is 6.42 Å². The van der Waals surface area contributed by atoms with Crippen molar-refractivity contribution in [3.8, 4) is 0 Å². The number of hydrogen-bond acceptors (Lipinski definition) is 2. The SMILES string of the molecule is O=C(NCCc1ccc(Br)s1)c1c(F)cccc1F. The molecule has 1 aromatic heterocycles. The molecule has 1 amide bonds. The Balaban J connectivity index is 1.94. The molecule has 100 valence electrons. The van der Waals surface area contributed by atoms with E-state index >= 15 is 0 Å². The summed E-state index contributed by atoms with van der Waals surface area (Å²) in [6.07, 6.45) is 0.623. The Labute approximate surface area is 121 Å². The molecule has 2 rings (SSSR count). The highest BCUT2D eigenvalue weighted by Crippen LogP contribution is 2.22. The molecule has 0 aliphatic carbocycles. The third-order valence-electron chi connectivity index (χ3n) is 2.48. The van der Waals surface area contributed by atoms with Crippen molar-refractivity contribution in [1.82, 2.24) is 5.32 Å². The van der Waals surface area contributed by atoms with Crippen LogP contribution in [0.2, 0.25) is 0 Å². The minimum absolute atomic E-state index is 0.333. The summed E-state index contributed by atoms with van der Waals surface area (Å²) in [5, 5.41) is 2.51. The summed E-state index contributed by atoms with van der Waals surface area (Å²) in [5.74, 6) is -2.43. The highest BCUT2D eigenvalue weighted by Gasteiger charge is 2.16. The van der Waals surface area contributed by atoms with Crippen molar-refractivity contribution < 1.29 is 13.6 Å². The van der Waals surface area contributed by atoms with E-state index in [1.54, 1.807) is 11.3 Å². The number of rotatable bonds is 4. The number of amides is 1. The highest BCUT2D eigenvalue weighted by molar-refractivity contribution is 9.11. The quantitative estimate of drug-likeness (QED) is 0.897. The van der Waals surface area contributed by atoms with Crippen molar-refractivity contribution in [1.29, 1.82) is 0 Å². The average molecular weight is 346 g/mol. The Morgan fingerprint density at radius 1 is 1.21 bits per heavy atom. The predicted octanol–water partition coefficient (Wildman–Crippen LogP) is 3.76. The molecule has 0 spiro atoms. The van der Waals surface area contributed by atoms with Crippen LogP contribution in [-0.2, 0) is 6.42 Å². The number of carbonyl (C=O) groups excluding carboxylic acids is 1. The van der Waals surface area contributed by atoms with E-state index in [2.05, 4.69) is 21.2 Å². The van der Waals surface area contributed by atoms with Gasteiger partial charge in [-0.3, -0.25) is 4.79 Å². The maximum atomic E-state index is 13.3. The molecule has 0 saturated carbocycles. The van der Waals surface area contributed by atoms with Crippen molar-refractivity contribution in [3.05, 3.63) is 56.2 Å². The second-order valence-corrected chi connectivity index (χ2v) is 6.36. The normalized spacial score (nSPS) is 10.5. The fourth-order valence-corrected chi connectivity index (χ4v) is 3.07. The Morgan fingerprint density at radius 3 is 2.47 bits per heavy atom. The van der Waals surface area contributed by atoms with Crippen LogP contribution in [0.1, 0.15) is 15.2 Å². The van der Waals surface area contributed by atoms with Crippen molar-refractivity contribution in [2.24, 2.45) is 0 Å². The summed E-state index contributed by atoms with van der Waals surface area (Å²) in [6, 6.07) is 7.20. The van der Waals surface area contributed by atoms with Crippen LogP contribution in [0.15, 0.2) is 34.1 Å². The third kappa shape index (κ3) is 3.61. The molecule has 1 heterocycles. The van der Waals surface area contributed by atoms with E-state index in [1.165, 1.54) is 6.07 Å². The van der Waals surface area contributed by atoms with Gasteiger partial charge >= 0.3 is 0 Å². The molecule has 0 unspecified atom stereocenters. The molecule has 1 aromatic carbocycles. The minimum atomic E-state index is -0.851. The topological polar surface area (TPSA) is 29.1 Å². The molecule has 0 bridgehead atoms. The second-order valence-electron chi connectivity index (χ2n) is 3.81. The third-order valence-corrected chi connectivity index (χ3v) is 4.16. The van der Waals surface area contributed by atoms with Gasteiger partial charge in [0.25, 0.3) is 5.91 Å². The van der Waals surface area contributed by atoms with Crippen molar-refractivity contribution in [2.75, 3.05) is 6.54 Å².